The standard InChI is InChI=1S/C23H34N4O4/c1-15(2)22(29)26-10-7-16(8-11-26)21-24-18(13-20(28)25-21)17-5-3-9-27(14-17)23(30)19-6-4-12-31-19/h13,15-17,19H,3-12,14H2,1-2H3,(H,24,25,28)/t17-,19-/m1/s1. The number of nitrogens with one attached hydrogen (secondary N) is 1. The Morgan fingerprint density at radius 1 is 1.06 bits per heavy atom. The monoisotopic (exact) mass is 430 g/mol. The second-order valence-electron chi connectivity index (χ2n) is 9.43. The Kier molecular flexibility index (Phi) is 6.74. The predicted octanol–water partition coefficient (Wildman–Crippen LogP) is 2.02. The zero-order valence-electron chi connectivity index (χ0n) is 18.6. The summed E-state index contributed by atoms with van der Waals surface area (Å²) in [6.45, 7) is 7.24. The minimum Gasteiger partial charge on any atom is -0.368 e. The van der Waals surface area contributed by atoms with Crippen molar-refractivity contribution in [2.24, 2.45) is 5.92 Å². The Labute approximate surface area is 183 Å². The highest BCUT2D eigenvalue weighted by Gasteiger charge is 2.33. The van der Waals surface area contributed by atoms with Gasteiger partial charge in [-0.25, -0.2) is 4.98 Å². The summed E-state index contributed by atoms with van der Waals surface area (Å²) in [5.41, 5.74) is 0.646. The molecule has 0 radical (unpaired) electrons. The van der Waals surface area contributed by atoms with Crippen molar-refractivity contribution in [3.63, 3.8) is 0 Å². The largest absolute Gasteiger partial charge is 0.368 e. The lowest BCUT2D eigenvalue weighted by Crippen LogP contribution is -2.44. The molecule has 0 saturated carbocycles. The summed E-state index contributed by atoms with van der Waals surface area (Å²) in [5, 5.41) is 0. The Hall–Kier alpha value is -2.22. The lowest BCUT2D eigenvalue weighted by atomic mass is 9.92. The van der Waals surface area contributed by atoms with Gasteiger partial charge in [-0.15, -0.1) is 0 Å². The van der Waals surface area contributed by atoms with E-state index in [9.17, 15) is 14.4 Å². The molecule has 0 aromatic carbocycles. The van der Waals surface area contributed by atoms with Crippen LogP contribution in [0.4, 0.5) is 0 Å². The van der Waals surface area contributed by atoms with E-state index in [0.717, 1.165) is 56.6 Å². The van der Waals surface area contributed by atoms with Crippen molar-refractivity contribution >= 4 is 11.8 Å². The summed E-state index contributed by atoms with van der Waals surface area (Å²) in [7, 11) is 0. The lowest BCUT2D eigenvalue weighted by molar-refractivity contribution is -0.142. The van der Waals surface area contributed by atoms with Crippen LogP contribution in [0.2, 0.25) is 0 Å². The second kappa shape index (κ2) is 9.51. The topological polar surface area (TPSA) is 95.6 Å². The normalized spacial score (nSPS) is 25.3. The van der Waals surface area contributed by atoms with E-state index in [4.69, 9.17) is 9.72 Å². The number of carbonyl (C=O) groups excluding carboxylic acids is 2. The van der Waals surface area contributed by atoms with Crippen molar-refractivity contribution in [2.75, 3.05) is 32.8 Å². The van der Waals surface area contributed by atoms with Crippen LogP contribution in [0.25, 0.3) is 0 Å². The van der Waals surface area contributed by atoms with Crippen LogP contribution in [0.1, 0.15) is 75.7 Å². The van der Waals surface area contributed by atoms with Gasteiger partial charge >= 0.3 is 0 Å². The summed E-state index contributed by atoms with van der Waals surface area (Å²) in [6, 6.07) is 1.59. The molecular weight excluding hydrogens is 396 g/mol. The molecule has 1 N–H and O–H groups in total. The number of rotatable bonds is 4. The summed E-state index contributed by atoms with van der Waals surface area (Å²) in [6.07, 6.45) is 4.87. The van der Waals surface area contributed by atoms with Gasteiger partial charge in [-0.3, -0.25) is 14.4 Å². The van der Waals surface area contributed by atoms with Crippen LogP contribution in [0.3, 0.4) is 0 Å². The van der Waals surface area contributed by atoms with E-state index in [1.165, 1.54) is 0 Å². The van der Waals surface area contributed by atoms with Crippen LogP contribution in [-0.2, 0) is 14.3 Å². The van der Waals surface area contributed by atoms with Crippen LogP contribution in [-0.4, -0.2) is 70.5 Å². The van der Waals surface area contributed by atoms with Gasteiger partial charge in [0.25, 0.3) is 11.5 Å². The first-order chi connectivity index (χ1) is 14.9. The number of aromatic nitrogens is 2. The molecule has 8 nitrogen and oxygen atoms in total. The molecule has 2 amide bonds. The van der Waals surface area contributed by atoms with Gasteiger partial charge in [0.05, 0.1) is 5.69 Å². The predicted molar refractivity (Wildman–Crippen MR) is 116 cm³/mol. The second-order valence-corrected chi connectivity index (χ2v) is 9.43. The van der Waals surface area contributed by atoms with Gasteiger partial charge in [-0.2, -0.15) is 0 Å². The molecule has 0 spiro atoms. The minimum absolute atomic E-state index is 0.00407. The highest BCUT2D eigenvalue weighted by molar-refractivity contribution is 5.81. The minimum atomic E-state index is -0.305. The molecule has 2 atom stereocenters. The van der Waals surface area contributed by atoms with E-state index < -0.39 is 0 Å². The zero-order valence-corrected chi connectivity index (χ0v) is 18.6. The first-order valence-electron chi connectivity index (χ1n) is 11.7. The summed E-state index contributed by atoms with van der Waals surface area (Å²) < 4.78 is 5.58. The van der Waals surface area contributed by atoms with Crippen LogP contribution < -0.4 is 5.56 Å². The molecule has 1 aromatic heterocycles. The van der Waals surface area contributed by atoms with Gasteiger partial charge < -0.3 is 19.5 Å². The first-order valence-corrected chi connectivity index (χ1v) is 11.7. The number of hydrogen-bond acceptors (Lipinski definition) is 5. The lowest BCUT2D eigenvalue weighted by Gasteiger charge is -2.34. The van der Waals surface area contributed by atoms with E-state index in [2.05, 4.69) is 4.98 Å². The zero-order chi connectivity index (χ0) is 22.0. The highest BCUT2D eigenvalue weighted by atomic mass is 16.5. The number of likely N-dealkylation sites (tertiary alicyclic amines) is 2. The summed E-state index contributed by atoms with van der Waals surface area (Å²) in [5.74, 6) is 1.22. The van der Waals surface area contributed by atoms with Crippen LogP contribution in [0.15, 0.2) is 10.9 Å². The number of carbonyl (C=O) groups is 2. The van der Waals surface area contributed by atoms with Crippen LogP contribution in [0, 0.1) is 5.92 Å². The highest BCUT2D eigenvalue weighted by Crippen LogP contribution is 2.30. The van der Waals surface area contributed by atoms with Gasteiger partial charge in [0, 0.05) is 56.6 Å². The molecule has 4 heterocycles. The number of aromatic amines is 1. The quantitative estimate of drug-likeness (QED) is 0.788. The Balaban J connectivity index is 1.43. The van der Waals surface area contributed by atoms with Gasteiger partial charge in [0.2, 0.25) is 5.91 Å². The summed E-state index contributed by atoms with van der Waals surface area (Å²) >= 11 is 0. The van der Waals surface area contributed by atoms with Crippen molar-refractivity contribution < 1.29 is 14.3 Å². The molecule has 3 fully saturated rings. The maximum Gasteiger partial charge on any atom is 0.251 e. The molecule has 8 heteroatoms. The molecule has 1 aromatic rings. The van der Waals surface area contributed by atoms with Gasteiger partial charge in [-0.1, -0.05) is 13.8 Å². The van der Waals surface area contributed by atoms with Gasteiger partial charge in [0.15, 0.2) is 0 Å². The van der Waals surface area contributed by atoms with Crippen molar-refractivity contribution in [1.29, 1.82) is 0 Å². The molecule has 4 rings (SSSR count). The van der Waals surface area contributed by atoms with Gasteiger partial charge in [0.1, 0.15) is 11.9 Å². The number of ether oxygens (including phenoxy) is 1. The molecule has 31 heavy (non-hydrogen) atoms. The number of hydrogen-bond donors (Lipinski definition) is 1. The Bertz CT molecular complexity index is 853. The van der Waals surface area contributed by atoms with Crippen LogP contribution >= 0.6 is 0 Å². The third kappa shape index (κ3) is 5.00. The van der Waals surface area contributed by atoms with E-state index >= 15 is 0 Å². The fourth-order valence-corrected chi connectivity index (χ4v) is 5.03. The van der Waals surface area contributed by atoms with Crippen LogP contribution in [0.5, 0.6) is 0 Å². The van der Waals surface area contributed by atoms with Crippen molar-refractivity contribution in [1.82, 2.24) is 19.8 Å². The Morgan fingerprint density at radius 2 is 1.84 bits per heavy atom. The number of piperidine rings is 2. The van der Waals surface area contributed by atoms with Crippen molar-refractivity contribution in [3.8, 4) is 0 Å². The van der Waals surface area contributed by atoms with E-state index in [1.54, 1.807) is 6.07 Å². The fraction of sp³-hybridized carbons (Fsp3) is 0.739. The third-order valence-corrected chi connectivity index (χ3v) is 6.82. The van der Waals surface area contributed by atoms with Crippen molar-refractivity contribution in [2.45, 2.75) is 70.3 Å². The van der Waals surface area contributed by atoms with Crippen molar-refractivity contribution in [3.05, 3.63) is 27.9 Å². The van der Waals surface area contributed by atoms with E-state index in [1.807, 2.05) is 23.6 Å². The number of H-pyrrole nitrogens is 1. The SMILES string of the molecule is CC(C)C(=O)N1CCC(c2nc([C@@H]3CCCN(C(=O)[C@H]4CCCO4)C3)cc(=O)[nH]2)CC1. The molecule has 170 valence electrons. The van der Waals surface area contributed by atoms with E-state index in [-0.39, 0.29) is 41.2 Å². The smallest absolute Gasteiger partial charge is 0.251 e. The molecule has 0 bridgehead atoms. The number of amides is 2. The summed E-state index contributed by atoms with van der Waals surface area (Å²) in [4.78, 5) is 49.0. The molecular formula is C23H34N4O4. The maximum atomic E-state index is 12.8. The first kappa shape index (κ1) is 22.0. The molecule has 0 aliphatic carbocycles. The third-order valence-electron chi connectivity index (χ3n) is 6.82. The average molecular weight is 431 g/mol. The molecule has 0 unspecified atom stereocenters. The Morgan fingerprint density at radius 3 is 2.52 bits per heavy atom. The average Bonchev–Trinajstić information content (AvgIpc) is 3.33. The molecule has 3 saturated heterocycles. The maximum absolute atomic E-state index is 12.8. The molecule has 3 aliphatic heterocycles. The van der Waals surface area contributed by atoms with Gasteiger partial charge in [-0.05, 0) is 38.5 Å². The molecule has 3 aliphatic rings. The van der Waals surface area contributed by atoms with E-state index in [0.29, 0.717) is 26.2 Å². The fourth-order valence-electron chi connectivity index (χ4n) is 5.03. The number of nitrogens with zero attached hydrogens (tertiary/aromatic N) is 3.